The average Bonchev–Trinajstić information content (AvgIpc) is 3.17. The minimum atomic E-state index is -1.05. The SMILES string of the molecule is O=c1c2nn(Cc3ccccc3F)c(Cl)c2cnn1[C@H]1C[C@@H]1F. The average molecular weight is 337 g/mol. The fraction of sp³-hybridized carbons (Fsp3) is 0.267. The first-order valence-corrected chi connectivity index (χ1v) is 7.45. The zero-order valence-electron chi connectivity index (χ0n) is 11.8. The van der Waals surface area contributed by atoms with E-state index in [-0.39, 0.29) is 29.5 Å². The minimum Gasteiger partial charge on any atom is -0.265 e. The van der Waals surface area contributed by atoms with Crippen molar-refractivity contribution in [3.63, 3.8) is 0 Å². The molecule has 1 aliphatic rings. The van der Waals surface area contributed by atoms with Gasteiger partial charge in [0.25, 0.3) is 5.56 Å². The van der Waals surface area contributed by atoms with Gasteiger partial charge in [-0.15, -0.1) is 0 Å². The number of fused-ring (bicyclic) bond motifs is 1. The number of nitrogens with zero attached hydrogens (tertiary/aromatic N) is 4. The van der Waals surface area contributed by atoms with Gasteiger partial charge in [0.2, 0.25) is 0 Å². The first kappa shape index (κ1) is 14.3. The normalized spacial score (nSPS) is 20.1. The number of aromatic nitrogens is 4. The molecule has 2 atom stereocenters. The Morgan fingerprint density at radius 3 is 2.78 bits per heavy atom. The van der Waals surface area contributed by atoms with Crippen LogP contribution in [-0.4, -0.2) is 25.7 Å². The van der Waals surface area contributed by atoms with Crippen molar-refractivity contribution in [2.45, 2.75) is 25.2 Å². The molecule has 0 radical (unpaired) electrons. The quantitative estimate of drug-likeness (QED) is 0.739. The van der Waals surface area contributed by atoms with Crippen molar-refractivity contribution in [3.05, 3.63) is 57.3 Å². The van der Waals surface area contributed by atoms with Gasteiger partial charge < -0.3 is 0 Å². The third-order valence-electron chi connectivity index (χ3n) is 3.92. The second kappa shape index (κ2) is 5.13. The van der Waals surface area contributed by atoms with Gasteiger partial charge in [-0.25, -0.2) is 18.1 Å². The Labute approximate surface area is 134 Å². The summed E-state index contributed by atoms with van der Waals surface area (Å²) in [6.07, 6.45) is 0.630. The molecule has 0 saturated heterocycles. The van der Waals surface area contributed by atoms with Gasteiger partial charge >= 0.3 is 0 Å². The standard InChI is InChI=1S/C15H11ClF2N4O/c16-14-9-6-19-22(12-5-11(12)18)15(23)13(9)20-21(14)7-8-3-1-2-4-10(8)17/h1-4,6,11-12H,5,7H2/t11-,12-/m0/s1. The summed E-state index contributed by atoms with van der Waals surface area (Å²) in [5.74, 6) is -0.378. The Morgan fingerprint density at radius 2 is 2.09 bits per heavy atom. The molecule has 5 nitrogen and oxygen atoms in total. The third kappa shape index (κ3) is 2.31. The summed E-state index contributed by atoms with van der Waals surface area (Å²) in [6.45, 7) is 0.0921. The molecule has 1 aromatic carbocycles. The minimum absolute atomic E-state index is 0.0921. The van der Waals surface area contributed by atoms with Gasteiger partial charge in [0.15, 0.2) is 5.52 Å². The molecule has 0 bridgehead atoms. The van der Waals surface area contributed by atoms with E-state index < -0.39 is 17.8 Å². The summed E-state index contributed by atoms with van der Waals surface area (Å²) in [6, 6.07) is 5.73. The maximum Gasteiger partial charge on any atom is 0.295 e. The summed E-state index contributed by atoms with van der Waals surface area (Å²) in [7, 11) is 0. The van der Waals surface area contributed by atoms with E-state index in [1.807, 2.05) is 0 Å². The largest absolute Gasteiger partial charge is 0.295 e. The fourth-order valence-electron chi connectivity index (χ4n) is 2.54. The highest BCUT2D eigenvalue weighted by molar-refractivity contribution is 6.34. The van der Waals surface area contributed by atoms with Gasteiger partial charge in [0, 0.05) is 12.0 Å². The molecule has 23 heavy (non-hydrogen) atoms. The molecular formula is C15H11ClF2N4O. The number of rotatable bonds is 3. The molecule has 0 unspecified atom stereocenters. The maximum atomic E-state index is 13.8. The van der Waals surface area contributed by atoms with Crippen LogP contribution in [0.2, 0.25) is 5.15 Å². The molecule has 3 aromatic rings. The zero-order valence-corrected chi connectivity index (χ0v) is 12.5. The Bertz CT molecular complexity index is 968. The highest BCUT2D eigenvalue weighted by Crippen LogP contribution is 2.37. The monoisotopic (exact) mass is 336 g/mol. The third-order valence-corrected chi connectivity index (χ3v) is 4.32. The molecule has 2 aromatic heterocycles. The summed E-state index contributed by atoms with van der Waals surface area (Å²) in [4.78, 5) is 12.4. The first-order chi connectivity index (χ1) is 11.1. The maximum absolute atomic E-state index is 13.8. The lowest BCUT2D eigenvalue weighted by molar-refractivity contribution is 0.423. The summed E-state index contributed by atoms with van der Waals surface area (Å²) >= 11 is 6.22. The molecule has 8 heteroatoms. The van der Waals surface area contributed by atoms with E-state index in [0.29, 0.717) is 10.9 Å². The number of halogens is 3. The summed E-state index contributed by atoms with van der Waals surface area (Å²) < 4.78 is 29.4. The van der Waals surface area contributed by atoms with Crippen molar-refractivity contribution in [1.82, 2.24) is 19.6 Å². The van der Waals surface area contributed by atoms with E-state index in [4.69, 9.17) is 11.6 Å². The predicted molar refractivity (Wildman–Crippen MR) is 80.9 cm³/mol. The molecule has 1 fully saturated rings. The van der Waals surface area contributed by atoms with Crippen LogP contribution in [-0.2, 0) is 6.54 Å². The van der Waals surface area contributed by atoms with Crippen LogP contribution < -0.4 is 5.56 Å². The van der Waals surface area contributed by atoms with Crippen molar-refractivity contribution in [3.8, 4) is 0 Å². The fourth-order valence-corrected chi connectivity index (χ4v) is 2.78. The Morgan fingerprint density at radius 1 is 1.35 bits per heavy atom. The van der Waals surface area contributed by atoms with Crippen molar-refractivity contribution in [1.29, 1.82) is 0 Å². The Kier molecular flexibility index (Phi) is 3.19. The van der Waals surface area contributed by atoms with Crippen LogP contribution in [0.1, 0.15) is 18.0 Å². The first-order valence-electron chi connectivity index (χ1n) is 7.07. The van der Waals surface area contributed by atoms with Gasteiger partial charge in [0.05, 0.1) is 24.2 Å². The highest BCUT2D eigenvalue weighted by Gasteiger charge is 2.41. The molecule has 0 aliphatic heterocycles. The van der Waals surface area contributed by atoms with Gasteiger partial charge in [-0.2, -0.15) is 10.2 Å². The molecule has 2 heterocycles. The van der Waals surface area contributed by atoms with Crippen molar-refractivity contribution >= 4 is 22.5 Å². The summed E-state index contributed by atoms with van der Waals surface area (Å²) in [5, 5.41) is 8.71. The zero-order chi connectivity index (χ0) is 16.1. The molecule has 1 saturated carbocycles. The van der Waals surface area contributed by atoms with Crippen LogP contribution in [0.5, 0.6) is 0 Å². The van der Waals surface area contributed by atoms with E-state index in [0.717, 1.165) is 4.68 Å². The molecule has 118 valence electrons. The van der Waals surface area contributed by atoms with Gasteiger partial charge in [-0.3, -0.25) is 4.79 Å². The van der Waals surface area contributed by atoms with Crippen LogP contribution in [0.15, 0.2) is 35.3 Å². The lowest BCUT2D eigenvalue weighted by Crippen LogP contribution is -2.22. The van der Waals surface area contributed by atoms with Crippen molar-refractivity contribution < 1.29 is 8.78 Å². The Balaban J connectivity index is 1.80. The van der Waals surface area contributed by atoms with E-state index >= 15 is 0 Å². The second-order valence-electron chi connectivity index (χ2n) is 5.52. The van der Waals surface area contributed by atoms with Crippen molar-refractivity contribution in [2.75, 3.05) is 0 Å². The topological polar surface area (TPSA) is 52.7 Å². The second-order valence-corrected chi connectivity index (χ2v) is 5.87. The Hall–Kier alpha value is -2.28. The molecule has 0 N–H and O–H groups in total. The predicted octanol–water partition coefficient (Wildman–Crippen LogP) is 2.72. The number of alkyl halides is 1. The molecule has 0 spiro atoms. The van der Waals surface area contributed by atoms with E-state index in [2.05, 4.69) is 10.2 Å². The van der Waals surface area contributed by atoms with Gasteiger partial charge in [0.1, 0.15) is 17.1 Å². The number of hydrogen-bond donors (Lipinski definition) is 0. The van der Waals surface area contributed by atoms with Gasteiger partial charge in [-0.05, 0) is 6.07 Å². The highest BCUT2D eigenvalue weighted by atomic mass is 35.5. The molecule has 1 aliphatic carbocycles. The van der Waals surface area contributed by atoms with Gasteiger partial charge in [-0.1, -0.05) is 29.8 Å². The molecule has 4 rings (SSSR count). The van der Waals surface area contributed by atoms with Crippen LogP contribution in [0, 0.1) is 5.82 Å². The van der Waals surface area contributed by atoms with E-state index in [1.165, 1.54) is 16.9 Å². The van der Waals surface area contributed by atoms with E-state index in [9.17, 15) is 13.6 Å². The van der Waals surface area contributed by atoms with Crippen molar-refractivity contribution in [2.24, 2.45) is 0 Å². The van der Waals surface area contributed by atoms with Crippen LogP contribution in [0.25, 0.3) is 10.9 Å². The summed E-state index contributed by atoms with van der Waals surface area (Å²) in [5.41, 5.74) is 0.0313. The van der Waals surface area contributed by atoms with Crippen LogP contribution in [0.3, 0.4) is 0 Å². The smallest absolute Gasteiger partial charge is 0.265 e. The van der Waals surface area contributed by atoms with Crippen LogP contribution in [0.4, 0.5) is 8.78 Å². The van der Waals surface area contributed by atoms with Crippen LogP contribution >= 0.6 is 11.6 Å². The van der Waals surface area contributed by atoms with E-state index in [1.54, 1.807) is 18.2 Å². The number of benzene rings is 1. The lowest BCUT2D eigenvalue weighted by atomic mass is 10.2. The molecular weight excluding hydrogens is 326 g/mol. The number of hydrogen-bond acceptors (Lipinski definition) is 3. The lowest BCUT2D eigenvalue weighted by Gasteiger charge is -2.04. The molecule has 0 amide bonds.